The molecule has 2 fully saturated rings. The summed E-state index contributed by atoms with van der Waals surface area (Å²) < 4.78 is 81.8. The van der Waals surface area contributed by atoms with Gasteiger partial charge in [0.2, 0.25) is 10.0 Å². The van der Waals surface area contributed by atoms with E-state index in [1.54, 1.807) is 0 Å². The first-order chi connectivity index (χ1) is 28.1. The van der Waals surface area contributed by atoms with Crippen molar-refractivity contribution < 1.29 is 89.3 Å². The number of ether oxygens (including phenoxy) is 10. The van der Waals surface area contributed by atoms with Crippen molar-refractivity contribution >= 4 is 63.6 Å². The molecule has 0 radical (unpaired) electrons. The maximum atomic E-state index is 12.7. The molecule has 0 bridgehead atoms. The number of nitrogens with zero attached hydrogens (tertiary/aromatic N) is 3. The Labute approximate surface area is 347 Å². The van der Waals surface area contributed by atoms with Gasteiger partial charge < -0.3 is 47.4 Å². The number of rotatable bonds is 16. The zero-order chi connectivity index (χ0) is 44.5. The maximum Gasteiger partial charge on any atom is 0.303 e. The minimum atomic E-state index is -3.94. The minimum Gasteiger partial charge on any atom is -0.463 e. The Balaban J connectivity index is 1.74. The number of hydrogen-bond donors (Lipinski definition) is 1. The molecule has 2 aliphatic heterocycles. The van der Waals surface area contributed by atoms with Crippen LogP contribution in [0.1, 0.15) is 54.2 Å². The number of benzene rings is 1. The molecule has 4 rings (SSSR count). The molecule has 3 heterocycles. The van der Waals surface area contributed by atoms with E-state index in [0.29, 0.717) is 11.4 Å². The molecule has 1 aromatic carbocycles. The Morgan fingerprint density at radius 3 is 1.62 bits per heavy atom. The number of thioether (sulfide) groups is 1. The predicted molar refractivity (Wildman–Crippen MR) is 197 cm³/mol. The Morgan fingerprint density at radius 2 is 1.12 bits per heavy atom. The summed E-state index contributed by atoms with van der Waals surface area (Å²) in [4.78, 5) is 86.3. The summed E-state index contributed by atoms with van der Waals surface area (Å²) in [6.07, 6.45) is -12.7. The Hall–Kier alpha value is -5.21. The van der Waals surface area contributed by atoms with Crippen LogP contribution in [0.25, 0.3) is 5.69 Å². The van der Waals surface area contributed by atoms with E-state index >= 15 is 0 Å². The first-order valence-corrected chi connectivity index (χ1v) is 20.5. The first kappa shape index (κ1) is 47.5. The second-order valence-electron chi connectivity index (χ2n) is 13.2. The Kier molecular flexibility index (Phi) is 16.5. The Morgan fingerprint density at radius 1 is 0.650 bits per heavy atom. The van der Waals surface area contributed by atoms with E-state index in [-0.39, 0.29) is 10.6 Å². The van der Waals surface area contributed by atoms with Crippen LogP contribution < -0.4 is 5.14 Å². The summed E-state index contributed by atoms with van der Waals surface area (Å²) in [5, 5.41) is 13.4. The number of nitrogens with two attached hydrogens (primary N) is 1. The van der Waals surface area contributed by atoms with Gasteiger partial charge in [0.15, 0.2) is 36.8 Å². The van der Waals surface area contributed by atoms with Crippen molar-refractivity contribution in [3.63, 3.8) is 0 Å². The number of hydrogen-bond acceptors (Lipinski definition) is 22. The molecule has 0 spiro atoms. The van der Waals surface area contributed by atoms with Gasteiger partial charge in [-0.05, 0) is 24.3 Å². The van der Waals surface area contributed by atoms with E-state index in [4.69, 9.17) is 52.5 Å². The van der Waals surface area contributed by atoms with Crippen LogP contribution in [0.2, 0.25) is 0 Å². The van der Waals surface area contributed by atoms with Crippen molar-refractivity contribution in [3.05, 3.63) is 36.2 Å². The van der Waals surface area contributed by atoms with Crippen molar-refractivity contribution in [2.24, 2.45) is 5.14 Å². The lowest BCUT2D eigenvalue weighted by molar-refractivity contribution is -0.341. The number of primary sulfonamides is 1. The van der Waals surface area contributed by atoms with Crippen LogP contribution in [0.4, 0.5) is 0 Å². The zero-order valence-corrected chi connectivity index (χ0v) is 34.9. The monoisotopic (exact) mass is 888 g/mol. The molecule has 25 heteroatoms. The van der Waals surface area contributed by atoms with Crippen molar-refractivity contribution in [2.45, 2.75) is 120 Å². The average Bonchev–Trinajstić information content (AvgIpc) is 3.61. The highest BCUT2D eigenvalue weighted by atomic mass is 32.2. The van der Waals surface area contributed by atoms with Gasteiger partial charge in [-0.25, -0.2) is 18.2 Å². The highest BCUT2D eigenvalue weighted by molar-refractivity contribution is 7.99. The standard InChI is InChI=1S/C35H44N4O19S2/c1-16(40)49-13-26-28(51-18(3)42)30(52-19(4)43)32(54-21(6)45)34(56-26)58-29-27(14-50-17(2)41)57-35(33(55-22(7)46)31(29)53-20(5)44)59-15-23-12-39(38-37-23)24-8-10-25(11-9-24)60(36,47)48/h8-12,26-35H,13-15H2,1-7H3,(H2,36,47,48)/t26-,27-,28-,29-,30+,31+,32-,33-,34-,35+/m1/s1. The molecule has 1 aromatic heterocycles. The lowest BCUT2D eigenvalue weighted by atomic mass is 9.96. The molecule has 0 aliphatic carbocycles. The molecule has 2 N–H and O–H groups in total. The predicted octanol–water partition coefficient (Wildman–Crippen LogP) is -0.232. The molecule has 0 amide bonds. The smallest absolute Gasteiger partial charge is 0.303 e. The molecule has 10 atom stereocenters. The van der Waals surface area contributed by atoms with E-state index in [2.05, 4.69) is 10.3 Å². The molecule has 60 heavy (non-hydrogen) atoms. The van der Waals surface area contributed by atoms with Crippen LogP contribution >= 0.6 is 11.8 Å². The number of aromatic nitrogens is 3. The quantitative estimate of drug-likeness (QED) is 0.168. The zero-order valence-electron chi connectivity index (χ0n) is 33.3. The highest BCUT2D eigenvalue weighted by Crippen LogP contribution is 2.38. The minimum absolute atomic E-state index is 0.0238. The lowest BCUT2D eigenvalue weighted by Crippen LogP contribution is -2.66. The van der Waals surface area contributed by atoms with E-state index < -0.39 is 126 Å². The molecule has 0 unspecified atom stereocenters. The number of carbonyl (C=O) groups excluding carboxylic acids is 7. The third-order valence-electron chi connectivity index (χ3n) is 8.25. The third-order valence-corrected chi connectivity index (χ3v) is 10.4. The van der Waals surface area contributed by atoms with Gasteiger partial charge in [0.25, 0.3) is 0 Å². The lowest BCUT2D eigenvalue weighted by Gasteiger charge is -2.48. The van der Waals surface area contributed by atoms with Gasteiger partial charge in [-0.2, -0.15) is 0 Å². The van der Waals surface area contributed by atoms with E-state index in [0.717, 1.165) is 60.2 Å². The van der Waals surface area contributed by atoms with Crippen LogP contribution in [-0.4, -0.2) is 139 Å². The van der Waals surface area contributed by atoms with Gasteiger partial charge in [-0.3, -0.25) is 33.6 Å². The number of sulfonamides is 1. The van der Waals surface area contributed by atoms with Crippen LogP contribution in [-0.2, 0) is 96.7 Å². The molecule has 2 aromatic rings. The van der Waals surface area contributed by atoms with E-state index in [9.17, 15) is 42.0 Å². The second kappa shape index (κ2) is 20.9. The summed E-state index contributed by atoms with van der Waals surface area (Å²) in [5.41, 5.74) is -0.401. The number of carbonyl (C=O) groups is 7. The van der Waals surface area contributed by atoms with E-state index in [1.165, 1.54) is 35.1 Å². The van der Waals surface area contributed by atoms with Gasteiger partial charge in [0.1, 0.15) is 37.0 Å². The summed E-state index contributed by atoms with van der Waals surface area (Å²) in [5.74, 6) is -5.96. The average molecular weight is 889 g/mol. The first-order valence-electron chi connectivity index (χ1n) is 17.9. The van der Waals surface area contributed by atoms with Gasteiger partial charge in [0.05, 0.1) is 22.5 Å². The van der Waals surface area contributed by atoms with Gasteiger partial charge >= 0.3 is 41.8 Å². The highest BCUT2D eigenvalue weighted by Gasteiger charge is 2.57. The summed E-state index contributed by atoms with van der Waals surface area (Å²) in [6, 6.07) is 5.50. The molecule has 23 nitrogen and oxygen atoms in total. The SMILES string of the molecule is CC(=O)OC[C@H]1O[C@@H](SCc2cn(-c3ccc(S(N)(=O)=O)cc3)nn2)[C@H](OC(C)=O)[C@@H](OC(C)=O)[C@@H]1O[C@H]1O[C@H](COC(C)=O)[C@@H](OC(C)=O)[C@H](OC(C)=O)[C@H]1OC(C)=O. The van der Waals surface area contributed by atoms with Crippen molar-refractivity contribution in [2.75, 3.05) is 13.2 Å². The number of esters is 7. The van der Waals surface area contributed by atoms with Crippen LogP contribution in [0, 0.1) is 0 Å². The summed E-state index contributed by atoms with van der Waals surface area (Å²) in [7, 11) is -3.94. The molecule has 2 aliphatic rings. The third kappa shape index (κ3) is 13.4. The fourth-order valence-corrected chi connectivity index (χ4v) is 7.66. The summed E-state index contributed by atoms with van der Waals surface area (Å²) in [6.45, 7) is 6.28. The normalized spacial score (nSPS) is 26.5. The van der Waals surface area contributed by atoms with Crippen molar-refractivity contribution in [3.8, 4) is 5.69 Å². The van der Waals surface area contributed by atoms with Crippen molar-refractivity contribution in [1.29, 1.82) is 0 Å². The fraction of sp³-hybridized carbons (Fsp3) is 0.571. The summed E-state index contributed by atoms with van der Waals surface area (Å²) >= 11 is 1.01. The van der Waals surface area contributed by atoms with Crippen LogP contribution in [0.3, 0.4) is 0 Å². The maximum absolute atomic E-state index is 12.7. The van der Waals surface area contributed by atoms with Crippen LogP contribution in [0.5, 0.6) is 0 Å². The Bertz CT molecular complexity index is 2010. The molecular formula is C35H44N4O19S2. The molecular weight excluding hydrogens is 845 g/mol. The van der Waals surface area contributed by atoms with Gasteiger partial charge in [0, 0.05) is 54.2 Å². The van der Waals surface area contributed by atoms with Gasteiger partial charge in [-0.15, -0.1) is 16.9 Å². The van der Waals surface area contributed by atoms with E-state index in [1.807, 2.05) is 0 Å². The van der Waals surface area contributed by atoms with Crippen LogP contribution in [0.15, 0.2) is 35.4 Å². The molecule has 330 valence electrons. The second-order valence-corrected chi connectivity index (χ2v) is 15.8. The topological polar surface area (TPSA) is 303 Å². The molecule has 2 saturated heterocycles. The fourth-order valence-electron chi connectivity index (χ4n) is 6.05. The van der Waals surface area contributed by atoms with Gasteiger partial charge in [-0.1, -0.05) is 5.21 Å². The van der Waals surface area contributed by atoms with Crippen molar-refractivity contribution in [1.82, 2.24) is 15.0 Å². The largest absolute Gasteiger partial charge is 0.463 e. The molecule has 0 saturated carbocycles.